The van der Waals surface area contributed by atoms with Gasteiger partial charge in [0.2, 0.25) is 0 Å². The predicted octanol–water partition coefficient (Wildman–Crippen LogP) is 4.50. The van der Waals surface area contributed by atoms with E-state index in [4.69, 9.17) is 0 Å². The van der Waals surface area contributed by atoms with Crippen LogP contribution in [0.5, 0.6) is 0 Å². The number of nitrogens with zero attached hydrogens (tertiary/aromatic N) is 2. The third-order valence-corrected chi connectivity index (χ3v) is 6.18. The summed E-state index contributed by atoms with van der Waals surface area (Å²) in [5.74, 6) is 0. The molecule has 0 saturated heterocycles. The summed E-state index contributed by atoms with van der Waals surface area (Å²) in [6, 6.07) is 10.3. The van der Waals surface area contributed by atoms with Crippen LogP contribution in [0.2, 0.25) is 0 Å². The summed E-state index contributed by atoms with van der Waals surface area (Å²) in [6.45, 7) is 2.19. The Labute approximate surface area is 152 Å². The highest BCUT2D eigenvalue weighted by Crippen LogP contribution is 2.38. The summed E-state index contributed by atoms with van der Waals surface area (Å²) >= 11 is 0. The minimum absolute atomic E-state index is 0.543. The zero-order valence-corrected chi connectivity index (χ0v) is 15.9. The van der Waals surface area contributed by atoms with Crippen LogP contribution in [0.25, 0.3) is 10.9 Å². The second-order valence-corrected chi connectivity index (χ2v) is 8.28. The number of aromatic nitrogens is 1. The molecule has 2 aliphatic rings. The van der Waals surface area contributed by atoms with E-state index in [1.807, 2.05) is 0 Å². The maximum atomic E-state index is 4.07. The van der Waals surface area contributed by atoms with E-state index in [1.165, 1.54) is 62.3 Å². The molecule has 1 unspecified atom stereocenters. The molecule has 2 aliphatic carbocycles. The van der Waals surface area contributed by atoms with Crippen LogP contribution >= 0.6 is 0 Å². The first kappa shape index (κ1) is 17.1. The molecule has 0 spiro atoms. The molecule has 3 nitrogen and oxygen atoms in total. The van der Waals surface area contributed by atoms with Crippen molar-refractivity contribution < 1.29 is 0 Å². The minimum atomic E-state index is 0.543. The normalized spacial score (nSPS) is 21.8. The number of fused-ring (bicyclic) bond motifs is 3. The van der Waals surface area contributed by atoms with E-state index < -0.39 is 0 Å². The maximum Gasteiger partial charge on any atom is 0.0486 e. The Morgan fingerprint density at radius 1 is 1.04 bits per heavy atom. The molecule has 25 heavy (non-hydrogen) atoms. The minimum Gasteiger partial charge on any atom is -0.342 e. The van der Waals surface area contributed by atoms with Gasteiger partial charge in [-0.2, -0.15) is 0 Å². The Morgan fingerprint density at radius 2 is 1.84 bits per heavy atom. The summed E-state index contributed by atoms with van der Waals surface area (Å²) in [4.78, 5) is 2.30. The van der Waals surface area contributed by atoms with Crippen molar-refractivity contribution in [2.45, 2.75) is 70.0 Å². The van der Waals surface area contributed by atoms with Crippen LogP contribution in [-0.4, -0.2) is 36.1 Å². The zero-order chi connectivity index (χ0) is 17.2. The molecule has 0 radical (unpaired) electrons. The van der Waals surface area contributed by atoms with Crippen LogP contribution in [-0.2, 0) is 13.0 Å². The third-order valence-electron chi connectivity index (χ3n) is 6.18. The average molecular weight is 340 g/mol. The lowest BCUT2D eigenvalue weighted by molar-refractivity contribution is 0.309. The molecule has 1 fully saturated rings. The molecule has 1 N–H and O–H groups in total. The average Bonchev–Trinajstić information content (AvgIpc) is 2.96. The SMILES string of the molecule is CN(C)CCn1c2c(c3ccccc31)CCCC2NC1CCCCC1. The van der Waals surface area contributed by atoms with Gasteiger partial charge in [0, 0.05) is 41.8 Å². The van der Waals surface area contributed by atoms with Crippen molar-refractivity contribution in [2.75, 3.05) is 20.6 Å². The van der Waals surface area contributed by atoms with Gasteiger partial charge >= 0.3 is 0 Å². The summed E-state index contributed by atoms with van der Waals surface area (Å²) in [5, 5.41) is 5.56. The quantitative estimate of drug-likeness (QED) is 0.865. The monoisotopic (exact) mass is 339 g/mol. The van der Waals surface area contributed by atoms with E-state index in [2.05, 4.69) is 53.1 Å². The van der Waals surface area contributed by atoms with Crippen LogP contribution < -0.4 is 5.32 Å². The molecule has 1 heterocycles. The fourth-order valence-electron chi connectivity index (χ4n) is 4.93. The van der Waals surface area contributed by atoms with Gasteiger partial charge in [0.1, 0.15) is 0 Å². The van der Waals surface area contributed by atoms with Gasteiger partial charge in [0.05, 0.1) is 0 Å². The lowest BCUT2D eigenvalue weighted by Crippen LogP contribution is -2.37. The summed E-state index contributed by atoms with van der Waals surface area (Å²) in [6.07, 6.45) is 10.8. The highest BCUT2D eigenvalue weighted by atomic mass is 15.1. The van der Waals surface area contributed by atoms with Crippen molar-refractivity contribution in [1.82, 2.24) is 14.8 Å². The molecule has 1 aromatic heterocycles. The standard InChI is InChI=1S/C22H33N3/c1-24(2)15-16-25-21-14-7-6-11-18(21)19-12-8-13-20(22(19)25)23-17-9-4-3-5-10-17/h6-7,11,14,17,20,23H,3-5,8-10,12-13,15-16H2,1-2H3. The van der Waals surface area contributed by atoms with E-state index in [1.54, 1.807) is 11.3 Å². The molecule has 3 heteroatoms. The number of aryl methyl sites for hydroxylation is 1. The van der Waals surface area contributed by atoms with Gasteiger partial charge < -0.3 is 14.8 Å². The Morgan fingerprint density at radius 3 is 2.64 bits per heavy atom. The Kier molecular flexibility index (Phi) is 5.14. The van der Waals surface area contributed by atoms with Crippen molar-refractivity contribution in [3.8, 4) is 0 Å². The summed E-state index contributed by atoms with van der Waals surface area (Å²) < 4.78 is 2.63. The van der Waals surface area contributed by atoms with E-state index in [0.717, 1.165) is 19.1 Å². The van der Waals surface area contributed by atoms with Crippen molar-refractivity contribution in [1.29, 1.82) is 0 Å². The highest BCUT2D eigenvalue weighted by Gasteiger charge is 2.29. The van der Waals surface area contributed by atoms with Gasteiger partial charge in [-0.1, -0.05) is 37.5 Å². The number of rotatable bonds is 5. The maximum absolute atomic E-state index is 4.07. The van der Waals surface area contributed by atoms with Crippen LogP contribution in [0.4, 0.5) is 0 Å². The van der Waals surface area contributed by atoms with Crippen molar-refractivity contribution >= 4 is 10.9 Å². The number of hydrogen-bond donors (Lipinski definition) is 1. The first-order chi connectivity index (χ1) is 12.2. The number of likely N-dealkylation sites (N-methyl/N-ethyl adjacent to an activating group) is 1. The number of hydrogen-bond acceptors (Lipinski definition) is 2. The highest BCUT2D eigenvalue weighted by molar-refractivity contribution is 5.86. The zero-order valence-electron chi connectivity index (χ0n) is 15.9. The van der Waals surface area contributed by atoms with E-state index >= 15 is 0 Å². The molecule has 0 aliphatic heterocycles. The summed E-state index contributed by atoms with van der Waals surface area (Å²) in [7, 11) is 4.35. The lowest BCUT2D eigenvalue weighted by atomic mass is 9.89. The molecule has 1 aromatic carbocycles. The molecule has 2 aromatic rings. The number of benzene rings is 1. The van der Waals surface area contributed by atoms with Gasteiger partial charge in [0.25, 0.3) is 0 Å². The van der Waals surface area contributed by atoms with Gasteiger partial charge in [-0.05, 0) is 57.8 Å². The Balaban J connectivity index is 1.70. The first-order valence-corrected chi connectivity index (χ1v) is 10.2. The third kappa shape index (κ3) is 3.50. The number of para-hydroxylation sites is 1. The smallest absolute Gasteiger partial charge is 0.0486 e. The molecule has 136 valence electrons. The van der Waals surface area contributed by atoms with Crippen molar-refractivity contribution in [3.05, 3.63) is 35.5 Å². The molecular weight excluding hydrogens is 306 g/mol. The van der Waals surface area contributed by atoms with Crippen LogP contribution in [0, 0.1) is 0 Å². The van der Waals surface area contributed by atoms with Gasteiger partial charge in [0.15, 0.2) is 0 Å². The van der Waals surface area contributed by atoms with Gasteiger partial charge in [-0.15, -0.1) is 0 Å². The van der Waals surface area contributed by atoms with Crippen LogP contribution in [0.15, 0.2) is 24.3 Å². The van der Waals surface area contributed by atoms with Crippen molar-refractivity contribution in [2.24, 2.45) is 0 Å². The number of nitrogens with one attached hydrogen (secondary N) is 1. The molecule has 0 bridgehead atoms. The molecule has 1 saturated carbocycles. The second-order valence-electron chi connectivity index (χ2n) is 8.28. The summed E-state index contributed by atoms with van der Waals surface area (Å²) in [5.41, 5.74) is 4.65. The van der Waals surface area contributed by atoms with E-state index in [0.29, 0.717) is 6.04 Å². The fourth-order valence-corrected chi connectivity index (χ4v) is 4.93. The topological polar surface area (TPSA) is 20.2 Å². The van der Waals surface area contributed by atoms with E-state index in [9.17, 15) is 0 Å². The molecule has 1 atom stereocenters. The predicted molar refractivity (Wildman–Crippen MR) is 106 cm³/mol. The Hall–Kier alpha value is -1.32. The van der Waals surface area contributed by atoms with Crippen LogP contribution in [0.3, 0.4) is 0 Å². The molecular formula is C22H33N3. The molecule has 0 amide bonds. The largest absolute Gasteiger partial charge is 0.342 e. The van der Waals surface area contributed by atoms with Gasteiger partial charge in [-0.3, -0.25) is 0 Å². The van der Waals surface area contributed by atoms with E-state index in [-0.39, 0.29) is 0 Å². The van der Waals surface area contributed by atoms with Crippen LogP contribution in [0.1, 0.15) is 62.2 Å². The first-order valence-electron chi connectivity index (χ1n) is 10.2. The Bertz CT molecular complexity index is 709. The molecule has 4 rings (SSSR count). The second kappa shape index (κ2) is 7.51. The van der Waals surface area contributed by atoms with Crippen molar-refractivity contribution in [3.63, 3.8) is 0 Å². The lowest BCUT2D eigenvalue weighted by Gasteiger charge is -2.32. The fraction of sp³-hybridized carbons (Fsp3) is 0.636. The van der Waals surface area contributed by atoms with Gasteiger partial charge in [-0.25, -0.2) is 0 Å².